The van der Waals surface area contributed by atoms with Crippen LogP contribution in [0.1, 0.15) is 80.1 Å². The minimum atomic E-state index is -0.142. The molecule has 0 aromatic rings. The Morgan fingerprint density at radius 1 is 0.947 bits per heavy atom. The Labute approximate surface area is 119 Å². The summed E-state index contributed by atoms with van der Waals surface area (Å²) >= 11 is 0. The molecule has 0 rings (SSSR count). The van der Waals surface area contributed by atoms with Crippen molar-refractivity contribution in [1.82, 2.24) is 0 Å². The predicted octanol–water partition coefficient (Wildman–Crippen LogP) is 5.27. The molecule has 0 aliphatic rings. The third-order valence-electron chi connectivity index (χ3n) is 3.19. The Morgan fingerprint density at radius 3 is 1.95 bits per heavy atom. The second kappa shape index (κ2) is 9.17. The number of hydrogen-bond acceptors (Lipinski definition) is 2. The van der Waals surface area contributed by atoms with Gasteiger partial charge in [-0.3, -0.25) is 0 Å². The van der Waals surface area contributed by atoms with Crippen molar-refractivity contribution in [3.8, 4) is 0 Å². The van der Waals surface area contributed by atoms with Gasteiger partial charge < -0.3 is 4.74 Å². The van der Waals surface area contributed by atoms with Crippen LogP contribution in [0.4, 0.5) is 0 Å². The van der Waals surface area contributed by atoms with Gasteiger partial charge in [-0.05, 0) is 25.7 Å². The van der Waals surface area contributed by atoms with Crippen molar-refractivity contribution < 1.29 is 9.53 Å². The fourth-order valence-corrected chi connectivity index (χ4v) is 2.38. The normalized spacial score (nSPS) is 11.3. The fourth-order valence-electron chi connectivity index (χ4n) is 2.38. The molecule has 0 fully saturated rings. The lowest BCUT2D eigenvalue weighted by Crippen LogP contribution is -2.22. The number of esters is 1. The molecule has 0 radical (unpaired) electrons. The molecule has 0 N–H and O–H groups in total. The molecule has 19 heavy (non-hydrogen) atoms. The molecule has 112 valence electrons. The molecule has 0 aromatic heterocycles. The van der Waals surface area contributed by atoms with Gasteiger partial charge in [0.25, 0.3) is 0 Å². The van der Waals surface area contributed by atoms with Crippen molar-refractivity contribution in [2.75, 3.05) is 6.61 Å². The molecular weight excluding hydrogens is 236 g/mol. The maximum absolute atomic E-state index is 12.1. The first kappa shape index (κ1) is 18.2. The van der Waals surface area contributed by atoms with E-state index in [1.165, 1.54) is 25.7 Å². The third-order valence-corrected chi connectivity index (χ3v) is 3.19. The summed E-state index contributed by atoms with van der Waals surface area (Å²) in [5.41, 5.74) is 1.73. The molecule has 0 aromatic carbocycles. The fraction of sp³-hybridized carbons (Fsp3) is 0.824. The molecular formula is C17H32O2. The summed E-state index contributed by atoms with van der Waals surface area (Å²) in [4.78, 5) is 12.1. The molecule has 0 atom stereocenters. The van der Waals surface area contributed by atoms with Crippen LogP contribution < -0.4 is 0 Å². The molecule has 0 aliphatic heterocycles. The Kier molecular flexibility index (Phi) is 8.79. The zero-order valence-electron chi connectivity index (χ0n) is 13.8. The van der Waals surface area contributed by atoms with Crippen LogP contribution in [0.5, 0.6) is 0 Å². The Morgan fingerprint density at radius 2 is 1.47 bits per heavy atom. The summed E-state index contributed by atoms with van der Waals surface area (Å²) in [6.45, 7) is 12.9. The summed E-state index contributed by atoms with van der Waals surface area (Å²) in [5, 5.41) is 0. The smallest absolute Gasteiger partial charge is 0.334 e. The molecule has 0 amide bonds. The lowest BCUT2D eigenvalue weighted by molar-refractivity contribution is -0.140. The first-order valence-corrected chi connectivity index (χ1v) is 7.65. The van der Waals surface area contributed by atoms with Gasteiger partial charge in [-0.15, -0.1) is 0 Å². The van der Waals surface area contributed by atoms with Crippen LogP contribution in [0.3, 0.4) is 0 Å². The van der Waals surface area contributed by atoms with Gasteiger partial charge in [-0.25, -0.2) is 4.79 Å². The minimum absolute atomic E-state index is 0.138. The lowest BCUT2D eigenvalue weighted by atomic mass is 9.84. The van der Waals surface area contributed by atoms with Crippen LogP contribution in [-0.2, 0) is 9.53 Å². The van der Waals surface area contributed by atoms with E-state index in [4.69, 9.17) is 4.74 Å². The van der Waals surface area contributed by atoms with Crippen LogP contribution >= 0.6 is 0 Å². The van der Waals surface area contributed by atoms with Gasteiger partial charge in [-0.2, -0.15) is 0 Å². The van der Waals surface area contributed by atoms with Crippen molar-refractivity contribution in [3.05, 3.63) is 11.1 Å². The molecule has 0 heterocycles. The van der Waals surface area contributed by atoms with Crippen LogP contribution in [0.25, 0.3) is 0 Å². The minimum Gasteiger partial charge on any atom is -0.462 e. The lowest BCUT2D eigenvalue weighted by Gasteiger charge is -2.23. The largest absolute Gasteiger partial charge is 0.462 e. The van der Waals surface area contributed by atoms with Crippen LogP contribution in [0.15, 0.2) is 11.1 Å². The van der Waals surface area contributed by atoms with E-state index in [1.807, 2.05) is 13.8 Å². The van der Waals surface area contributed by atoms with Gasteiger partial charge in [0.2, 0.25) is 0 Å². The van der Waals surface area contributed by atoms with Crippen molar-refractivity contribution in [1.29, 1.82) is 0 Å². The van der Waals surface area contributed by atoms with Gasteiger partial charge >= 0.3 is 5.97 Å². The number of unbranched alkanes of at least 4 members (excludes halogenated alkanes) is 5. The van der Waals surface area contributed by atoms with Crippen LogP contribution in [0, 0.1) is 5.41 Å². The van der Waals surface area contributed by atoms with Gasteiger partial charge in [0.05, 0.1) is 6.61 Å². The van der Waals surface area contributed by atoms with E-state index in [0.717, 1.165) is 24.0 Å². The van der Waals surface area contributed by atoms with Crippen molar-refractivity contribution in [2.24, 2.45) is 5.41 Å². The second-order valence-electron chi connectivity index (χ2n) is 6.53. The molecule has 0 unspecified atom stereocenters. The SMILES string of the molecule is CCCCCCCCOC(=O)C(=C(C)C)C(C)(C)C. The van der Waals surface area contributed by atoms with E-state index in [1.54, 1.807) is 0 Å². The molecule has 0 saturated heterocycles. The van der Waals surface area contributed by atoms with Gasteiger partial charge in [-0.1, -0.05) is 65.4 Å². The van der Waals surface area contributed by atoms with E-state index in [0.29, 0.717) is 6.61 Å². The Balaban J connectivity index is 4.01. The summed E-state index contributed by atoms with van der Waals surface area (Å²) in [7, 11) is 0. The number of allylic oxidation sites excluding steroid dienone is 1. The summed E-state index contributed by atoms with van der Waals surface area (Å²) < 4.78 is 5.40. The van der Waals surface area contributed by atoms with Crippen molar-refractivity contribution >= 4 is 5.97 Å². The van der Waals surface area contributed by atoms with E-state index in [2.05, 4.69) is 27.7 Å². The van der Waals surface area contributed by atoms with E-state index < -0.39 is 0 Å². The highest BCUT2D eigenvalue weighted by atomic mass is 16.5. The molecule has 0 spiro atoms. The maximum Gasteiger partial charge on any atom is 0.334 e. The Hall–Kier alpha value is -0.790. The number of rotatable bonds is 8. The average Bonchev–Trinajstić information content (AvgIpc) is 2.25. The Bertz CT molecular complexity index is 291. The molecule has 2 nitrogen and oxygen atoms in total. The number of carbonyl (C=O) groups is 1. The van der Waals surface area contributed by atoms with Crippen molar-refractivity contribution in [3.63, 3.8) is 0 Å². The van der Waals surface area contributed by atoms with Crippen LogP contribution in [0.2, 0.25) is 0 Å². The summed E-state index contributed by atoms with van der Waals surface area (Å²) in [6, 6.07) is 0. The molecule has 0 aliphatic carbocycles. The number of carbonyl (C=O) groups excluding carboxylic acids is 1. The second-order valence-corrected chi connectivity index (χ2v) is 6.53. The highest BCUT2D eigenvalue weighted by Gasteiger charge is 2.26. The number of ether oxygens (including phenoxy) is 1. The summed E-state index contributed by atoms with van der Waals surface area (Å²) in [6.07, 6.45) is 7.27. The predicted molar refractivity (Wildman–Crippen MR) is 82.2 cm³/mol. The highest BCUT2D eigenvalue weighted by molar-refractivity contribution is 5.90. The molecule has 0 bridgehead atoms. The zero-order valence-corrected chi connectivity index (χ0v) is 13.8. The van der Waals surface area contributed by atoms with E-state index in [9.17, 15) is 4.79 Å². The summed E-state index contributed by atoms with van der Waals surface area (Å²) in [5.74, 6) is -0.138. The molecule has 0 saturated carbocycles. The first-order valence-electron chi connectivity index (χ1n) is 7.65. The monoisotopic (exact) mass is 268 g/mol. The highest BCUT2D eigenvalue weighted by Crippen LogP contribution is 2.29. The van der Waals surface area contributed by atoms with Crippen molar-refractivity contribution in [2.45, 2.75) is 80.1 Å². The van der Waals surface area contributed by atoms with Gasteiger partial charge in [0.1, 0.15) is 0 Å². The quantitative estimate of drug-likeness (QED) is 0.340. The molecule has 2 heteroatoms. The standard InChI is InChI=1S/C17H32O2/c1-7-8-9-10-11-12-13-19-16(18)15(14(2)3)17(4,5)6/h7-13H2,1-6H3. The average molecular weight is 268 g/mol. The number of hydrogen-bond donors (Lipinski definition) is 0. The topological polar surface area (TPSA) is 26.3 Å². The van der Waals surface area contributed by atoms with Gasteiger partial charge in [0.15, 0.2) is 0 Å². The van der Waals surface area contributed by atoms with E-state index in [-0.39, 0.29) is 11.4 Å². The maximum atomic E-state index is 12.1. The van der Waals surface area contributed by atoms with E-state index >= 15 is 0 Å². The third kappa shape index (κ3) is 8.07. The zero-order chi connectivity index (χ0) is 14.9. The first-order chi connectivity index (χ1) is 8.80. The van der Waals surface area contributed by atoms with Gasteiger partial charge in [0, 0.05) is 5.57 Å². The van der Waals surface area contributed by atoms with Crippen LogP contribution in [-0.4, -0.2) is 12.6 Å².